The third kappa shape index (κ3) is 4.55. The molecule has 0 spiro atoms. The minimum absolute atomic E-state index is 0.125. The average Bonchev–Trinajstić information content (AvgIpc) is 3.15. The molecule has 2 aromatic carbocycles. The van der Waals surface area contributed by atoms with Crippen LogP contribution in [-0.2, 0) is 17.7 Å². The van der Waals surface area contributed by atoms with Crippen molar-refractivity contribution >= 4 is 11.5 Å². The van der Waals surface area contributed by atoms with Crippen LogP contribution < -0.4 is 9.64 Å². The number of Topliss-reactive ketones (excluding diaryl/α,β-unsaturated/α-hetero) is 1. The second-order valence-electron chi connectivity index (χ2n) is 9.49. The first-order valence-corrected chi connectivity index (χ1v) is 12.1. The molecule has 5 heteroatoms. The third-order valence-electron chi connectivity index (χ3n) is 7.43. The third-order valence-corrected chi connectivity index (χ3v) is 7.43. The van der Waals surface area contributed by atoms with Gasteiger partial charge >= 0.3 is 0 Å². The topological polar surface area (TPSA) is 42.0 Å². The first-order chi connectivity index (χ1) is 15.7. The summed E-state index contributed by atoms with van der Waals surface area (Å²) in [5, 5.41) is 0. The number of rotatable bonds is 6. The number of ketones is 1. The molecule has 3 aliphatic rings. The van der Waals surface area contributed by atoms with Crippen LogP contribution in [-0.4, -0.2) is 57.2 Å². The van der Waals surface area contributed by atoms with E-state index in [0.29, 0.717) is 11.7 Å². The molecule has 0 aromatic heterocycles. The minimum atomic E-state index is 0.125. The van der Waals surface area contributed by atoms with E-state index in [0.717, 1.165) is 75.8 Å². The van der Waals surface area contributed by atoms with Crippen molar-refractivity contribution in [3.63, 3.8) is 0 Å². The van der Waals surface area contributed by atoms with Crippen molar-refractivity contribution in [3.8, 4) is 5.75 Å². The Kier molecular flexibility index (Phi) is 6.47. The number of benzene rings is 2. The molecule has 0 N–H and O–H groups in total. The van der Waals surface area contributed by atoms with Gasteiger partial charge in [-0.15, -0.1) is 0 Å². The summed E-state index contributed by atoms with van der Waals surface area (Å²) < 4.78 is 11.2. The highest BCUT2D eigenvalue weighted by molar-refractivity contribution is 6.03. The van der Waals surface area contributed by atoms with Crippen LogP contribution in [0.4, 0.5) is 5.69 Å². The lowest BCUT2D eigenvalue weighted by Crippen LogP contribution is -2.36. The van der Waals surface area contributed by atoms with Crippen LogP contribution in [0.3, 0.4) is 0 Å². The fourth-order valence-corrected chi connectivity index (χ4v) is 5.62. The average molecular weight is 435 g/mol. The van der Waals surface area contributed by atoms with E-state index in [2.05, 4.69) is 46.2 Å². The highest BCUT2D eigenvalue weighted by atomic mass is 16.5. The molecule has 1 unspecified atom stereocenters. The molecule has 1 atom stereocenters. The van der Waals surface area contributed by atoms with Crippen molar-refractivity contribution in [2.24, 2.45) is 11.8 Å². The van der Waals surface area contributed by atoms with Crippen molar-refractivity contribution in [3.05, 3.63) is 59.2 Å². The van der Waals surface area contributed by atoms with Gasteiger partial charge in [-0.25, -0.2) is 0 Å². The maximum Gasteiger partial charge on any atom is 0.166 e. The zero-order valence-corrected chi connectivity index (χ0v) is 19.1. The molecule has 32 heavy (non-hydrogen) atoms. The molecule has 0 amide bonds. The monoisotopic (exact) mass is 434 g/mol. The maximum atomic E-state index is 13.2. The Morgan fingerprint density at radius 2 is 1.78 bits per heavy atom. The number of piperidine rings is 1. The molecule has 2 aromatic rings. The lowest BCUT2D eigenvalue weighted by atomic mass is 9.85. The van der Waals surface area contributed by atoms with Crippen LogP contribution in [0, 0.1) is 11.8 Å². The Balaban J connectivity index is 1.20. The number of carbonyl (C=O) groups is 1. The summed E-state index contributed by atoms with van der Waals surface area (Å²) in [5.74, 6) is 1.90. The normalized spacial score (nSPS) is 22.2. The summed E-state index contributed by atoms with van der Waals surface area (Å²) in [4.78, 5) is 18.1. The van der Waals surface area contributed by atoms with E-state index in [1.54, 1.807) is 7.11 Å². The van der Waals surface area contributed by atoms with Gasteiger partial charge in [0.1, 0.15) is 5.75 Å². The second kappa shape index (κ2) is 9.63. The molecule has 0 bridgehead atoms. The van der Waals surface area contributed by atoms with Gasteiger partial charge in [-0.05, 0) is 68.0 Å². The molecule has 2 fully saturated rings. The van der Waals surface area contributed by atoms with Crippen molar-refractivity contribution < 1.29 is 14.3 Å². The van der Waals surface area contributed by atoms with Gasteiger partial charge in [-0.2, -0.15) is 0 Å². The summed E-state index contributed by atoms with van der Waals surface area (Å²) in [5.41, 5.74) is 4.57. The maximum absolute atomic E-state index is 13.2. The summed E-state index contributed by atoms with van der Waals surface area (Å²) >= 11 is 0. The van der Waals surface area contributed by atoms with Crippen LogP contribution in [0.15, 0.2) is 42.5 Å². The zero-order valence-electron chi connectivity index (χ0n) is 19.1. The number of carbonyl (C=O) groups excluding carboxylic acids is 1. The van der Waals surface area contributed by atoms with E-state index in [4.69, 9.17) is 9.47 Å². The Hall–Kier alpha value is -2.37. The van der Waals surface area contributed by atoms with Gasteiger partial charge in [-0.1, -0.05) is 30.3 Å². The molecule has 2 heterocycles. The SMILES string of the molecule is COc1cc2c(cc1N1CCOCC1)CC(CC1CCN(Cc3ccccc3)CC1)C2=O. The van der Waals surface area contributed by atoms with Crippen LogP contribution in [0.25, 0.3) is 0 Å². The molecular weight excluding hydrogens is 400 g/mol. The summed E-state index contributed by atoms with van der Waals surface area (Å²) in [7, 11) is 1.70. The molecule has 170 valence electrons. The van der Waals surface area contributed by atoms with E-state index in [1.165, 1.54) is 24.0 Å². The van der Waals surface area contributed by atoms with Crippen LogP contribution in [0.1, 0.15) is 40.7 Å². The fraction of sp³-hybridized carbons (Fsp3) is 0.519. The van der Waals surface area contributed by atoms with Crippen LogP contribution in [0.2, 0.25) is 0 Å². The number of fused-ring (bicyclic) bond motifs is 1. The number of hydrogen-bond acceptors (Lipinski definition) is 5. The Morgan fingerprint density at radius 1 is 1.03 bits per heavy atom. The summed E-state index contributed by atoms with van der Waals surface area (Å²) in [6.07, 6.45) is 4.27. The Bertz CT molecular complexity index is 931. The number of methoxy groups -OCH3 is 1. The molecule has 1 aliphatic carbocycles. The van der Waals surface area contributed by atoms with Gasteiger partial charge in [0.15, 0.2) is 5.78 Å². The first kappa shape index (κ1) is 21.5. The van der Waals surface area contributed by atoms with Crippen molar-refractivity contribution in [1.29, 1.82) is 0 Å². The van der Waals surface area contributed by atoms with Gasteiger partial charge in [0.25, 0.3) is 0 Å². The molecular formula is C27H34N2O3. The van der Waals surface area contributed by atoms with Crippen molar-refractivity contribution in [2.45, 2.75) is 32.2 Å². The largest absolute Gasteiger partial charge is 0.495 e. The lowest BCUT2D eigenvalue weighted by Gasteiger charge is -2.33. The standard InChI is InChI=1S/C27H34N2O3/c1-31-26-18-24-22(17-25(26)29-11-13-32-14-12-29)16-23(27(24)30)15-20-7-9-28(10-8-20)19-21-5-3-2-4-6-21/h2-6,17-18,20,23H,7-16,19H2,1H3. The Labute approximate surface area is 191 Å². The number of ether oxygens (including phenoxy) is 2. The molecule has 5 rings (SSSR count). The Morgan fingerprint density at radius 3 is 2.50 bits per heavy atom. The lowest BCUT2D eigenvalue weighted by molar-refractivity contribution is 0.0895. The van der Waals surface area contributed by atoms with E-state index in [9.17, 15) is 4.79 Å². The predicted molar refractivity (Wildman–Crippen MR) is 127 cm³/mol. The molecule has 0 saturated carbocycles. The summed E-state index contributed by atoms with van der Waals surface area (Å²) in [6, 6.07) is 14.9. The van der Waals surface area contributed by atoms with Gasteiger partial charge in [-0.3, -0.25) is 9.69 Å². The van der Waals surface area contributed by atoms with Crippen LogP contribution in [0.5, 0.6) is 5.75 Å². The second-order valence-corrected chi connectivity index (χ2v) is 9.49. The smallest absolute Gasteiger partial charge is 0.166 e. The van der Waals surface area contributed by atoms with E-state index >= 15 is 0 Å². The molecule has 2 saturated heterocycles. The quantitative estimate of drug-likeness (QED) is 0.682. The van der Waals surface area contributed by atoms with Gasteiger partial charge in [0, 0.05) is 31.1 Å². The molecule has 2 aliphatic heterocycles. The van der Waals surface area contributed by atoms with E-state index < -0.39 is 0 Å². The zero-order chi connectivity index (χ0) is 21.9. The fourth-order valence-electron chi connectivity index (χ4n) is 5.62. The van der Waals surface area contributed by atoms with Crippen molar-refractivity contribution in [2.75, 3.05) is 51.4 Å². The van der Waals surface area contributed by atoms with E-state index in [-0.39, 0.29) is 5.92 Å². The first-order valence-electron chi connectivity index (χ1n) is 12.1. The number of morpholine rings is 1. The van der Waals surface area contributed by atoms with Gasteiger partial charge in [0.05, 0.1) is 26.0 Å². The van der Waals surface area contributed by atoms with Gasteiger partial charge < -0.3 is 14.4 Å². The highest BCUT2D eigenvalue weighted by Gasteiger charge is 2.35. The number of likely N-dealkylation sites (tertiary alicyclic amines) is 1. The van der Waals surface area contributed by atoms with Crippen LogP contribution >= 0.6 is 0 Å². The predicted octanol–water partition coefficient (Wildman–Crippen LogP) is 4.19. The number of anilines is 1. The number of nitrogens with zero attached hydrogens (tertiary/aromatic N) is 2. The molecule has 0 radical (unpaired) electrons. The highest BCUT2D eigenvalue weighted by Crippen LogP contribution is 2.40. The van der Waals surface area contributed by atoms with Crippen molar-refractivity contribution in [1.82, 2.24) is 4.90 Å². The number of hydrogen-bond donors (Lipinski definition) is 0. The molecule has 5 nitrogen and oxygen atoms in total. The van der Waals surface area contributed by atoms with Gasteiger partial charge in [0.2, 0.25) is 0 Å². The minimum Gasteiger partial charge on any atom is -0.495 e. The summed E-state index contributed by atoms with van der Waals surface area (Å²) in [6.45, 7) is 6.51. The van der Waals surface area contributed by atoms with E-state index in [1.807, 2.05) is 6.07 Å².